The summed E-state index contributed by atoms with van der Waals surface area (Å²) in [6.07, 6.45) is -2.63. The number of alkyl halides is 3. The Balaban J connectivity index is 1.41. The molecular formula is C19H24F3N9O. The number of carbonyl (C=O) groups excluding carboxylic acids is 1. The Morgan fingerprint density at radius 3 is 2.72 bits per heavy atom. The summed E-state index contributed by atoms with van der Waals surface area (Å²) in [6.45, 7) is 4.82. The van der Waals surface area contributed by atoms with Gasteiger partial charge in [0.25, 0.3) is 0 Å². The van der Waals surface area contributed by atoms with E-state index in [4.69, 9.17) is 0 Å². The van der Waals surface area contributed by atoms with Crippen LogP contribution in [0.5, 0.6) is 0 Å². The number of nitrogens with one attached hydrogen (secondary N) is 3. The predicted octanol–water partition coefficient (Wildman–Crippen LogP) is 1.63. The normalized spacial score (nSPS) is 18.5. The molecule has 4 heterocycles. The number of fused-ring (bicyclic) bond motifs is 1. The molecule has 4 rings (SSSR count). The SMILES string of the molecule is Cc1nc(NCC2=CN(Cc3cc(C(F)(F)F)nn3C)NC2)nc2c1NC(=O)C(C)N2C. The average Bonchev–Trinajstić information content (AvgIpc) is 3.32. The zero-order valence-corrected chi connectivity index (χ0v) is 18.1. The van der Waals surface area contributed by atoms with E-state index in [0.717, 1.165) is 11.6 Å². The molecule has 32 heavy (non-hydrogen) atoms. The van der Waals surface area contributed by atoms with Crippen molar-refractivity contribution in [3.63, 3.8) is 0 Å². The molecule has 0 bridgehead atoms. The molecule has 0 spiro atoms. The van der Waals surface area contributed by atoms with Gasteiger partial charge in [-0.05, 0) is 25.5 Å². The van der Waals surface area contributed by atoms with Crippen molar-refractivity contribution in [2.75, 3.05) is 35.7 Å². The molecule has 0 saturated carbocycles. The van der Waals surface area contributed by atoms with E-state index in [1.54, 1.807) is 23.8 Å². The molecule has 2 aliphatic heterocycles. The van der Waals surface area contributed by atoms with Crippen LogP contribution in [0.4, 0.5) is 30.6 Å². The van der Waals surface area contributed by atoms with E-state index < -0.39 is 11.9 Å². The maximum Gasteiger partial charge on any atom is 0.435 e. The lowest BCUT2D eigenvalue weighted by Crippen LogP contribution is -2.44. The summed E-state index contributed by atoms with van der Waals surface area (Å²) in [6, 6.07) is 0.705. The lowest BCUT2D eigenvalue weighted by atomic mass is 10.2. The minimum Gasteiger partial charge on any atom is -0.350 e. The molecule has 1 amide bonds. The van der Waals surface area contributed by atoms with Gasteiger partial charge in [-0.2, -0.15) is 23.3 Å². The number of anilines is 3. The number of hydrogen-bond acceptors (Lipinski definition) is 8. The van der Waals surface area contributed by atoms with E-state index in [1.165, 1.54) is 11.7 Å². The second kappa shape index (κ2) is 7.97. The van der Waals surface area contributed by atoms with Gasteiger partial charge in [0, 0.05) is 33.4 Å². The molecule has 2 aromatic heterocycles. The van der Waals surface area contributed by atoms with Gasteiger partial charge in [0.15, 0.2) is 11.5 Å². The summed E-state index contributed by atoms with van der Waals surface area (Å²) in [7, 11) is 3.30. The van der Waals surface area contributed by atoms with Crippen LogP contribution in [0.25, 0.3) is 0 Å². The fraction of sp³-hybridized carbons (Fsp3) is 0.474. The highest BCUT2D eigenvalue weighted by molar-refractivity contribution is 6.03. The molecule has 0 aliphatic carbocycles. The first-order valence-electron chi connectivity index (χ1n) is 9.99. The van der Waals surface area contributed by atoms with E-state index in [-0.39, 0.29) is 18.5 Å². The Labute approximate surface area is 182 Å². The van der Waals surface area contributed by atoms with Crippen LogP contribution >= 0.6 is 0 Å². The summed E-state index contributed by atoms with van der Waals surface area (Å²) < 4.78 is 39.8. The molecule has 172 valence electrons. The van der Waals surface area contributed by atoms with E-state index in [0.29, 0.717) is 41.9 Å². The number of halogens is 3. The molecule has 2 aromatic rings. The first-order chi connectivity index (χ1) is 15.0. The third-order valence-electron chi connectivity index (χ3n) is 5.53. The highest BCUT2D eigenvalue weighted by Gasteiger charge is 2.35. The Kier molecular flexibility index (Phi) is 5.44. The fourth-order valence-corrected chi connectivity index (χ4v) is 3.51. The zero-order chi connectivity index (χ0) is 23.2. The summed E-state index contributed by atoms with van der Waals surface area (Å²) in [5, 5.41) is 11.3. The molecule has 10 nitrogen and oxygen atoms in total. The molecule has 0 saturated heterocycles. The minimum atomic E-state index is -4.47. The minimum absolute atomic E-state index is 0.106. The lowest BCUT2D eigenvalue weighted by molar-refractivity contribution is -0.141. The van der Waals surface area contributed by atoms with Crippen molar-refractivity contribution in [3.8, 4) is 0 Å². The summed E-state index contributed by atoms with van der Waals surface area (Å²) in [5.74, 6) is 0.964. The van der Waals surface area contributed by atoms with Gasteiger partial charge < -0.3 is 20.5 Å². The number of carbonyl (C=O) groups is 1. The van der Waals surface area contributed by atoms with Gasteiger partial charge in [0.2, 0.25) is 11.9 Å². The van der Waals surface area contributed by atoms with Gasteiger partial charge in [-0.3, -0.25) is 9.48 Å². The van der Waals surface area contributed by atoms with Crippen molar-refractivity contribution >= 4 is 23.4 Å². The quantitative estimate of drug-likeness (QED) is 0.631. The number of nitrogens with zero attached hydrogens (tertiary/aromatic N) is 6. The predicted molar refractivity (Wildman–Crippen MR) is 112 cm³/mol. The van der Waals surface area contributed by atoms with Crippen LogP contribution in [0.1, 0.15) is 24.0 Å². The highest BCUT2D eigenvalue weighted by Crippen LogP contribution is 2.32. The molecule has 13 heteroatoms. The van der Waals surface area contributed by atoms with Gasteiger partial charge >= 0.3 is 6.18 Å². The lowest BCUT2D eigenvalue weighted by Gasteiger charge is -2.32. The maximum absolute atomic E-state index is 12.9. The summed E-state index contributed by atoms with van der Waals surface area (Å²) in [4.78, 5) is 22.8. The van der Waals surface area contributed by atoms with Gasteiger partial charge in [-0.1, -0.05) is 0 Å². The first kappa shape index (κ1) is 21.9. The van der Waals surface area contributed by atoms with Crippen molar-refractivity contribution in [3.05, 3.63) is 34.9 Å². The number of likely N-dealkylation sites (N-methyl/N-ethyl adjacent to an activating group) is 1. The third-order valence-corrected chi connectivity index (χ3v) is 5.53. The number of aromatic nitrogens is 4. The largest absolute Gasteiger partial charge is 0.435 e. The highest BCUT2D eigenvalue weighted by atomic mass is 19.4. The second-order valence-electron chi connectivity index (χ2n) is 7.85. The van der Waals surface area contributed by atoms with Crippen molar-refractivity contribution in [1.82, 2.24) is 30.2 Å². The van der Waals surface area contributed by atoms with Crippen molar-refractivity contribution in [1.29, 1.82) is 0 Å². The van der Waals surface area contributed by atoms with Crippen molar-refractivity contribution in [2.24, 2.45) is 7.05 Å². The van der Waals surface area contributed by atoms with Gasteiger partial charge in [-0.15, -0.1) is 0 Å². The Bertz CT molecular complexity index is 1080. The molecule has 1 unspecified atom stereocenters. The Morgan fingerprint density at radius 2 is 2.03 bits per heavy atom. The van der Waals surface area contributed by atoms with Crippen molar-refractivity contribution < 1.29 is 18.0 Å². The molecule has 0 aromatic carbocycles. The van der Waals surface area contributed by atoms with Crippen LogP contribution in [-0.2, 0) is 24.6 Å². The molecule has 0 fully saturated rings. The fourth-order valence-electron chi connectivity index (χ4n) is 3.51. The molecular weight excluding hydrogens is 427 g/mol. The number of hydrazine groups is 1. The smallest absolute Gasteiger partial charge is 0.350 e. The van der Waals surface area contributed by atoms with Crippen LogP contribution in [0.2, 0.25) is 0 Å². The Morgan fingerprint density at radius 1 is 1.28 bits per heavy atom. The van der Waals surface area contributed by atoms with Gasteiger partial charge in [0.05, 0.1) is 17.9 Å². The molecule has 0 radical (unpaired) electrons. The van der Waals surface area contributed by atoms with E-state index in [2.05, 4.69) is 31.1 Å². The standard InChI is InChI=1S/C19H24F3N9O/c1-10-15-16(29(3)11(2)17(32)26-15)27-18(25-10)23-6-12-7-24-31(8-12)9-13-5-14(19(20,21)22)28-30(13)4/h5,8,11,24H,6-7,9H2,1-4H3,(H,26,32)(H,23,25,27). The second-order valence-corrected chi connectivity index (χ2v) is 7.85. The van der Waals surface area contributed by atoms with Crippen molar-refractivity contribution in [2.45, 2.75) is 32.6 Å². The molecule has 2 aliphatic rings. The summed E-state index contributed by atoms with van der Waals surface area (Å²) >= 11 is 0. The van der Waals surface area contributed by atoms with Crippen LogP contribution in [-0.4, -0.2) is 56.8 Å². The number of hydrogen-bond donors (Lipinski definition) is 3. The van der Waals surface area contributed by atoms with Gasteiger partial charge in [-0.25, -0.2) is 10.4 Å². The van der Waals surface area contributed by atoms with Crippen LogP contribution in [0, 0.1) is 6.92 Å². The number of aryl methyl sites for hydroxylation is 2. The monoisotopic (exact) mass is 451 g/mol. The molecule has 1 atom stereocenters. The molecule has 3 N–H and O–H groups in total. The zero-order valence-electron chi connectivity index (χ0n) is 18.1. The summed E-state index contributed by atoms with van der Waals surface area (Å²) in [5.41, 5.74) is 4.89. The van der Waals surface area contributed by atoms with Crippen LogP contribution < -0.4 is 21.0 Å². The number of rotatable bonds is 5. The van der Waals surface area contributed by atoms with Gasteiger partial charge in [0.1, 0.15) is 11.7 Å². The van der Waals surface area contributed by atoms with Crippen LogP contribution in [0.15, 0.2) is 17.8 Å². The van der Waals surface area contributed by atoms with E-state index in [9.17, 15) is 18.0 Å². The van der Waals surface area contributed by atoms with E-state index in [1.807, 2.05) is 13.2 Å². The first-order valence-corrected chi connectivity index (χ1v) is 9.99. The average molecular weight is 451 g/mol. The number of amides is 1. The topological polar surface area (TPSA) is 103 Å². The van der Waals surface area contributed by atoms with E-state index >= 15 is 0 Å². The Hall–Kier alpha value is -3.35. The van der Waals surface area contributed by atoms with Crippen LogP contribution in [0.3, 0.4) is 0 Å². The third kappa shape index (κ3) is 4.20. The maximum atomic E-state index is 12.9.